The summed E-state index contributed by atoms with van der Waals surface area (Å²) < 4.78 is 0. The van der Waals surface area contributed by atoms with E-state index in [0.29, 0.717) is 17.0 Å². The molecule has 1 amide bonds. The van der Waals surface area contributed by atoms with Crippen LogP contribution in [0.2, 0.25) is 0 Å². The summed E-state index contributed by atoms with van der Waals surface area (Å²) in [7, 11) is 0. The van der Waals surface area contributed by atoms with Crippen molar-refractivity contribution in [1.82, 2.24) is 5.32 Å². The minimum Gasteiger partial charge on any atom is -0.508 e. The molecule has 0 aliphatic rings. The second-order valence-electron chi connectivity index (χ2n) is 4.48. The maximum Gasteiger partial charge on any atom is 0.251 e. The highest BCUT2D eigenvalue weighted by atomic mass is 35.5. The molecule has 1 aromatic rings. The third kappa shape index (κ3) is 3.63. The summed E-state index contributed by atoms with van der Waals surface area (Å²) in [6, 6.07) is 4.74. The van der Waals surface area contributed by atoms with Crippen molar-refractivity contribution in [3.05, 3.63) is 29.3 Å². The molecule has 0 radical (unpaired) electrons. The Morgan fingerprint density at radius 3 is 2.59 bits per heavy atom. The van der Waals surface area contributed by atoms with Crippen molar-refractivity contribution in [3.63, 3.8) is 0 Å². The zero-order valence-corrected chi connectivity index (χ0v) is 11.1. The van der Waals surface area contributed by atoms with Crippen LogP contribution in [0.25, 0.3) is 0 Å². The second-order valence-corrected chi connectivity index (χ2v) is 4.79. The minimum atomic E-state index is -0.160. The molecule has 0 fully saturated rings. The quantitative estimate of drug-likeness (QED) is 0.813. The summed E-state index contributed by atoms with van der Waals surface area (Å²) in [6.07, 6.45) is 0. The summed E-state index contributed by atoms with van der Waals surface area (Å²) >= 11 is 5.80. The molecule has 1 rings (SSSR count). The molecule has 0 aromatic heterocycles. The molecule has 2 N–H and O–H groups in total. The first-order valence-electron chi connectivity index (χ1n) is 5.62. The van der Waals surface area contributed by atoms with Gasteiger partial charge in [0.2, 0.25) is 0 Å². The summed E-state index contributed by atoms with van der Waals surface area (Å²) in [5.74, 6) is 0.710. The van der Waals surface area contributed by atoms with Gasteiger partial charge in [0, 0.05) is 17.5 Å². The van der Waals surface area contributed by atoms with Gasteiger partial charge < -0.3 is 10.4 Å². The molecule has 0 saturated heterocycles. The van der Waals surface area contributed by atoms with Crippen molar-refractivity contribution in [2.24, 2.45) is 5.92 Å². The van der Waals surface area contributed by atoms with E-state index in [4.69, 9.17) is 11.6 Å². The first kappa shape index (κ1) is 13.8. The molecule has 0 bridgehead atoms. The van der Waals surface area contributed by atoms with E-state index in [1.165, 1.54) is 6.07 Å². The smallest absolute Gasteiger partial charge is 0.251 e. The van der Waals surface area contributed by atoms with E-state index >= 15 is 0 Å². The second kappa shape index (κ2) is 5.92. The Hall–Kier alpha value is -1.22. The predicted molar refractivity (Wildman–Crippen MR) is 69.7 cm³/mol. The molecule has 0 aliphatic carbocycles. The van der Waals surface area contributed by atoms with Gasteiger partial charge in [0.25, 0.3) is 5.91 Å². The monoisotopic (exact) mass is 255 g/mol. The number of alkyl halides is 1. The van der Waals surface area contributed by atoms with E-state index in [9.17, 15) is 9.90 Å². The molecule has 0 spiro atoms. The number of halogens is 1. The molecule has 3 nitrogen and oxygen atoms in total. The van der Waals surface area contributed by atoms with Crippen molar-refractivity contribution in [3.8, 4) is 5.75 Å². The maximum absolute atomic E-state index is 11.9. The lowest BCUT2D eigenvalue weighted by Crippen LogP contribution is -2.39. The van der Waals surface area contributed by atoms with Crippen molar-refractivity contribution >= 4 is 17.5 Å². The normalized spacial score (nSPS) is 12.5. The maximum atomic E-state index is 11.9. The number of hydrogen-bond acceptors (Lipinski definition) is 2. The zero-order chi connectivity index (χ0) is 13.0. The molecule has 94 valence electrons. The highest BCUT2D eigenvalue weighted by molar-refractivity contribution is 6.18. The molecule has 0 aliphatic heterocycles. The number of aromatic hydroxyl groups is 1. The molecule has 0 heterocycles. The number of nitrogens with one attached hydrogen (secondary N) is 1. The highest BCUT2D eigenvalue weighted by Gasteiger charge is 2.16. The van der Waals surface area contributed by atoms with Crippen LogP contribution in [0.1, 0.15) is 29.8 Å². The van der Waals surface area contributed by atoms with Crippen molar-refractivity contribution in [2.45, 2.75) is 26.8 Å². The van der Waals surface area contributed by atoms with Gasteiger partial charge in [0.15, 0.2) is 0 Å². The summed E-state index contributed by atoms with van der Waals surface area (Å²) in [5.41, 5.74) is 1.22. The van der Waals surface area contributed by atoms with E-state index in [1.807, 2.05) is 13.8 Å². The number of rotatable bonds is 4. The average molecular weight is 256 g/mol. The Bertz CT molecular complexity index is 404. The van der Waals surface area contributed by atoms with Gasteiger partial charge in [-0.05, 0) is 36.6 Å². The number of carbonyl (C=O) groups is 1. The van der Waals surface area contributed by atoms with Crippen LogP contribution in [0, 0.1) is 12.8 Å². The van der Waals surface area contributed by atoms with Crippen molar-refractivity contribution < 1.29 is 9.90 Å². The molecular formula is C13H18ClNO2. The summed E-state index contributed by atoms with van der Waals surface area (Å²) in [5, 5.41) is 12.3. The number of carbonyl (C=O) groups excluding carboxylic acids is 1. The predicted octanol–water partition coefficient (Wildman–Crippen LogP) is 2.69. The standard InChI is InChI=1S/C13H18ClNO2/c1-8(2)11(7-14)15-13(17)10-4-5-12(16)9(3)6-10/h4-6,8,11,16H,7H2,1-3H3,(H,15,17). The topological polar surface area (TPSA) is 49.3 Å². The van der Waals surface area contributed by atoms with Crippen LogP contribution in [-0.2, 0) is 0 Å². The lowest BCUT2D eigenvalue weighted by atomic mass is 10.0. The Morgan fingerprint density at radius 1 is 1.47 bits per heavy atom. The van der Waals surface area contributed by atoms with E-state index in [-0.39, 0.29) is 23.6 Å². The number of amides is 1. The lowest BCUT2D eigenvalue weighted by Gasteiger charge is -2.19. The molecule has 1 aromatic carbocycles. The van der Waals surface area contributed by atoms with Gasteiger partial charge in [-0.1, -0.05) is 13.8 Å². The summed E-state index contributed by atoms with van der Waals surface area (Å²) in [6.45, 7) is 5.78. The molecule has 1 unspecified atom stereocenters. The van der Waals surface area contributed by atoms with E-state index in [2.05, 4.69) is 5.32 Å². The zero-order valence-electron chi connectivity index (χ0n) is 10.3. The van der Waals surface area contributed by atoms with Crippen molar-refractivity contribution in [1.29, 1.82) is 0 Å². The third-order valence-corrected chi connectivity index (χ3v) is 3.08. The van der Waals surface area contributed by atoms with Crippen LogP contribution < -0.4 is 5.32 Å². The molecule has 4 heteroatoms. The third-order valence-electron chi connectivity index (χ3n) is 2.75. The van der Waals surface area contributed by atoms with Crippen LogP contribution in [0.4, 0.5) is 0 Å². The number of aryl methyl sites for hydroxylation is 1. The fourth-order valence-electron chi connectivity index (χ4n) is 1.43. The van der Waals surface area contributed by atoms with Crippen LogP contribution in [0.5, 0.6) is 5.75 Å². The van der Waals surface area contributed by atoms with E-state index in [0.717, 1.165) is 0 Å². The van der Waals surface area contributed by atoms with Gasteiger partial charge in [-0.25, -0.2) is 0 Å². The number of benzene rings is 1. The highest BCUT2D eigenvalue weighted by Crippen LogP contribution is 2.17. The fourth-order valence-corrected chi connectivity index (χ4v) is 1.87. The van der Waals surface area contributed by atoms with E-state index in [1.54, 1.807) is 19.1 Å². The number of phenols is 1. The first-order chi connectivity index (χ1) is 7.95. The number of phenolic OH excluding ortho intramolecular Hbond substituents is 1. The van der Waals surface area contributed by atoms with Gasteiger partial charge in [0.1, 0.15) is 5.75 Å². The van der Waals surface area contributed by atoms with Gasteiger partial charge >= 0.3 is 0 Å². The SMILES string of the molecule is Cc1cc(C(=O)NC(CCl)C(C)C)ccc1O. The minimum absolute atomic E-state index is 0.0433. The average Bonchev–Trinajstić information content (AvgIpc) is 2.28. The largest absolute Gasteiger partial charge is 0.508 e. The lowest BCUT2D eigenvalue weighted by molar-refractivity contribution is 0.0931. The van der Waals surface area contributed by atoms with Crippen LogP contribution in [0.15, 0.2) is 18.2 Å². The molecule has 17 heavy (non-hydrogen) atoms. The number of hydrogen-bond donors (Lipinski definition) is 2. The fraction of sp³-hybridized carbons (Fsp3) is 0.462. The van der Waals surface area contributed by atoms with Gasteiger partial charge in [-0.15, -0.1) is 11.6 Å². The van der Waals surface area contributed by atoms with Gasteiger partial charge in [-0.3, -0.25) is 4.79 Å². The van der Waals surface area contributed by atoms with E-state index < -0.39 is 0 Å². The summed E-state index contributed by atoms with van der Waals surface area (Å²) in [4.78, 5) is 11.9. The molecular weight excluding hydrogens is 238 g/mol. The Morgan fingerprint density at radius 2 is 2.12 bits per heavy atom. The van der Waals surface area contributed by atoms with Gasteiger partial charge in [0.05, 0.1) is 0 Å². The molecule has 1 atom stereocenters. The Kier molecular flexibility index (Phi) is 4.82. The molecule has 0 saturated carbocycles. The van der Waals surface area contributed by atoms with Crippen LogP contribution in [-0.4, -0.2) is 22.9 Å². The van der Waals surface area contributed by atoms with Crippen molar-refractivity contribution in [2.75, 3.05) is 5.88 Å². The Labute approximate surface area is 107 Å². The first-order valence-corrected chi connectivity index (χ1v) is 6.15. The Balaban J connectivity index is 2.79. The van der Waals surface area contributed by atoms with Crippen LogP contribution in [0.3, 0.4) is 0 Å². The van der Waals surface area contributed by atoms with Gasteiger partial charge in [-0.2, -0.15) is 0 Å². The van der Waals surface area contributed by atoms with Crippen LogP contribution >= 0.6 is 11.6 Å².